The van der Waals surface area contributed by atoms with E-state index in [1.165, 1.54) is 4.52 Å². The van der Waals surface area contributed by atoms with Gasteiger partial charge in [0, 0.05) is 25.1 Å². The quantitative estimate of drug-likeness (QED) is 0.695. The van der Waals surface area contributed by atoms with Gasteiger partial charge < -0.3 is 15.3 Å². The van der Waals surface area contributed by atoms with Gasteiger partial charge in [-0.1, -0.05) is 0 Å². The number of aliphatic hydroxyl groups is 1. The number of hydrogen-bond donors (Lipinski definition) is 2. The smallest absolute Gasteiger partial charge is 0.171 e. The van der Waals surface area contributed by atoms with Crippen molar-refractivity contribution >= 4 is 11.2 Å². The molecule has 2 aliphatic heterocycles. The van der Waals surface area contributed by atoms with Crippen molar-refractivity contribution in [2.75, 3.05) is 24.6 Å². The fraction of sp³-hybridized carbons (Fsp3) is 0.421. The highest BCUT2D eigenvalue weighted by molar-refractivity contribution is 5.75. The van der Waals surface area contributed by atoms with Gasteiger partial charge in [0.25, 0.3) is 0 Å². The predicted octanol–water partition coefficient (Wildman–Crippen LogP) is 1.30. The number of nitriles is 1. The number of halogens is 1. The number of aliphatic hydroxyl groups excluding tert-OH is 1. The number of rotatable bonds is 2. The Hall–Kier alpha value is -2.96. The normalized spacial score (nSPS) is 21.4. The average molecular weight is 381 g/mol. The maximum atomic E-state index is 14.5. The van der Waals surface area contributed by atoms with E-state index in [2.05, 4.69) is 28.3 Å². The minimum atomic E-state index is -0.448. The van der Waals surface area contributed by atoms with Gasteiger partial charge in [-0.15, -0.1) is 0 Å². The van der Waals surface area contributed by atoms with E-state index in [4.69, 9.17) is 5.10 Å². The third kappa shape index (κ3) is 2.35. The van der Waals surface area contributed by atoms with Crippen molar-refractivity contribution in [3.63, 3.8) is 0 Å². The van der Waals surface area contributed by atoms with Crippen molar-refractivity contribution in [1.29, 1.82) is 5.26 Å². The van der Waals surface area contributed by atoms with Crippen LogP contribution in [0.2, 0.25) is 0 Å². The molecule has 2 aliphatic rings. The number of nitrogens with one attached hydrogen (secondary N) is 1. The van der Waals surface area contributed by atoms with Crippen molar-refractivity contribution in [3.05, 3.63) is 46.8 Å². The lowest BCUT2D eigenvalue weighted by Gasteiger charge is -2.35. The Kier molecular flexibility index (Phi) is 3.86. The van der Waals surface area contributed by atoms with Crippen LogP contribution < -0.4 is 10.2 Å². The molecule has 3 aromatic rings. The van der Waals surface area contributed by atoms with E-state index in [1.54, 1.807) is 12.1 Å². The molecule has 1 unspecified atom stereocenters. The summed E-state index contributed by atoms with van der Waals surface area (Å²) in [5.74, 6) is -0.448. The van der Waals surface area contributed by atoms with E-state index < -0.39 is 5.82 Å². The molecular formula is C19H20FN7O. The summed E-state index contributed by atoms with van der Waals surface area (Å²) >= 11 is 0. The number of anilines is 1. The average Bonchev–Trinajstić information content (AvgIpc) is 3.29. The van der Waals surface area contributed by atoms with E-state index in [-0.39, 0.29) is 18.7 Å². The summed E-state index contributed by atoms with van der Waals surface area (Å²) in [5.41, 5.74) is 4.43. The molecule has 0 fully saturated rings. The van der Waals surface area contributed by atoms with E-state index in [1.807, 2.05) is 4.68 Å². The van der Waals surface area contributed by atoms with Crippen LogP contribution in [0.25, 0.3) is 5.52 Å². The van der Waals surface area contributed by atoms with Gasteiger partial charge in [-0.3, -0.25) is 4.68 Å². The zero-order valence-corrected chi connectivity index (χ0v) is 15.4. The molecule has 0 aliphatic carbocycles. The summed E-state index contributed by atoms with van der Waals surface area (Å²) < 4.78 is 17.9. The van der Waals surface area contributed by atoms with Crippen LogP contribution in [0.4, 0.5) is 10.1 Å². The highest BCUT2D eigenvalue weighted by Crippen LogP contribution is 2.35. The minimum absolute atomic E-state index is 0.0123. The summed E-state index contributed by atoms with van der Waals surface area (Å²) in [4.78, 5) is 2.10. The standard InChI is InChI=1S/C19H20FN7O/c1-11-8-25(16-3-2-12(6-21)27-19(16)13(20)7-23-27)9-17-18-14(24-26(11)17)4-5-22-15(18)10-28/h2-3,7,11,15,22,28H,4-5,8-10H2,1H3/t11-,15?/m1/s1. The van der Waals surface area contributed by atoms with Crippen molar-refractivity contribution in [2.45, 2.75) is 32.0 Å². The summed E-state index contributed by atoms with van der Waals surface area (Å²) in [6, 6.07) is 5.46. The maximum Gasteiger partial charge on any atom is 0.171 e. The molecular weight excluding hydrogens is 361 g/mol. The van der Waals surface area contributed by atoms with Crippen molar-refractivity contribution in [3.8, 4) is 6.07 Å². The summed E-state index contributed by atoms with van der Waals surface area (Å²) in [6.45, 7) is 4.11. The first-order valence-corrected chi connectivity index (χ1v) is 9.38. The highest BCUT2D eigenvalue weighted by atomic mass is 19.1. The lowest BCUT2D eigenvalue weighted by Crippen LogP contribution is -2.38. The molecule has 28 heavy (non-hydrogen) atoms. The first-order chi connectivity index (χ1) is 13.6. The first-order valence-electron chi connectivity index (χ1n) is 9.38. The summed E-state index contributed by atoms with van der Waals surface area (Å²) in [7, 11) is 0. The number of aromatic nitrogens is 4. The molecule has 0 aromatic carbocycles. The fourth-order valence-electron chi connectivity index (χ4n) is 4.48. The molecule has 3 aromatic heterocycles. The third-order valence-corrected chi connectivity index (χ3v) is 5.70. The number of pyridine rings is 1. The van der Waals surface area contributed by atoms with Gasteiger partial charge >= 0.3 is 0 Å². The largest absolute Gasteiger partial charge is 0.394 e. The molecule has 8 nitrogen and oxygen atoms in total. The second kappa shape index (κ2) is 6.29. The Morgan fingerprint density at radius 2 is 2.29 bits per heavy atom. The zero-order chi connectivity index (χ0) is 19.4. The van der Waals surface area contributed by atoms with Gasteiger partial charge in [-0.05, 0) is 19.1 Å². The minimum Gasteiger partial charge on any atom is -0.394 e. The van der Waals surface area contributed by atoms with Crippen LogP contribution in [0.3, 0.4) is 0 Å². The van der Waals surface area contributed by atoms with E-state index >= 15 is 0 Å². The van der Waals surface area contributed by atoms with Crippen LogP contribution in [0.1, 0.15) is 41.7 Å². The van der Waals surface area contributed by atoms with Crippen LogP contribution in [0.15, 0.2) is 18.3 Å². The van der Waals surface area contributed by atoms with Crippen LogP contribution in [-0.4, -0.2) is 44.2 Å². The van der Waals surface area contributed by atoms with Gasteiger partial charge in [0.05, 0.1) is 48.5 Å². The molecule has 0 saturated heterocycles. The molecule has 0 bridgehead atoms. The zero-order valence-electron chi connectivity index (χ0n) is 15.4. The van der Waals surface area contributed by atoms with Crippen molar-refractivity contribution in [1.82, 2.24) is 24.7 Å². The Morgan fingerprint density at radius 1 is 1.43 bits per heavy atom. The number of fused-ring (bicyclic) bond motifs is 4. The predicted molar refractivity (Wildman–Crippen MR) is 99.4 cm³/mol. The lowest BCUT2D eigenvalue weighted by atomic mass is 9.97. The second-order valence-corrected chi connectivity index (χ2v) is 7.39. The molecule has 0 amide bonds. The highest BCUT2D eigenvalue weighted by Gasteiger charge is 2.34. The molecule has 0 radical (unpaired) electrons. The second-order valence-electron chi connectivity index (χ2n) is 7.39. The number of hydrogen-bond acceptors (Lipinski definition) is 6. The Balaban J connectivity index is 1.63. The Bertz CT molecular complexity index is 1110. The topological polar surface area (TPSA) is 94.4 Å². The molecule has 0 spiro atoms. The van der Waals surface area contributed by atoms with Crippen molar-refractivity contribution < 1.29 is 9.50 Å². The Labute approximate surface area is 160 Å². The van der Waals surface area contributed by atoms with Gasteiger partial charge in [0.1, 0.15) is 17.3 Å². The van der Waals surface area contributed by atoms with Crippen LogP contribution in [-0.2, 0) is 13.0 Å². The molecule has 2 atom stereocenters. The van der Waals surface area contributed by atoms with Crippen LogP contribution in [0.5, 0.6) is 0 Å². The first kappa shape index (κ1) is 17.2. The number of nitrogens with zero attached hydrogens (tertiary/aromatic N) is 6. The van der Waals surface area contributed by atoms with E-state index in [0.717, 1.165) is 36.1 Å². The summed E-state index contributed by atoms with van der Waals surface area (Å²) in [6.07, 6.45) is 1.97. The van der Waals surface area contributed by atoms with Gasteiger partial charge in [-0.2, -0.15) is 15.5 Å². The lowest BCUT2D eigenvalue weighted by molar-refractivity contribution is 0.239. The summed E-state index contributed by atoms with van der Waals surface area (Å²) in [5, 5.41) is 31.3. The monoisotopic (exact) mass is 381 g/mol. The third-order valence-electron chi connectivity index (χ3n) is 5.70. The molecule has 0 saturated carbocycles. The van der Waals surface area contributed by atoms with Gasteiger partial charge in [0.2, 0.25) is 0 Å². The fourth-order valence-corrected chi connectivity index (χ4v) is 4.48. The molecule has 5 rings (SSSR count). The van der Waals surface area contributed by atoms with E-state index in [9.17, 15) is 14.8 Å². The van der Waals surface area contributed by atoms with E-state index in [0.29, 0.717) is 30.0 Å². The van der Waals surface area contributed by atoms with Gasteiger partial charge in [0.15, 0.2) is 5.82 Å². The van der Waals surface area contributed by atoms with Crippen LogP contribution >= 0.6 is 0 Å². The SMILES string of the molecule is C[C@@H]1CN(c2ccc(C#N)n3ncc(F)c23)Cc2c3c(nn21)CCNC3CO. The van der Waals surface area contributed by atoms with Crippen LogP contribution in [0, 0.1) is 17.1 Å². The molecule has 2 N–H and O–H groups in total. The van der Waals surface area contributed by atoms with Gasteiger partial charge in [-0.25, -0.2) is 8.91 Å². The maximum absolute atomic E-state index is 14.5. The molecule has 5 heterocycles. The molecule has 9 heteroatoms. The molecule has 144 valence electrons. The Morgan fingerprint density at radius 3 is 3.07 bits per heavy atom. The van der Waals surface area contributed by atoms with Crippen molar-refractivity contribution in [2.24, 2.45) is 0 Å².